The molecular formula is C21H31N3. The summed E-state index contributed by atoms with van der Waals surface area (Å²) in [6.07, 6.45) is 2.38. The Balaban J connectivity index is 1.52. The molecule has 0 aromatic heterocycles. The van der Waals surface area contributed by atoms with Crippen molar-refractivity contribution in [1.29, 1.82) is 0 Å². The molecule has 0 atom stereocenters. The molecule has 3 rings (SSSR count). The molecule has 130 valence electrons. The highest BCUT2D eigenvalue weighted by molar-refractivity contribution is 5.27. The summed E-state index contributed by atoms with van der Waals surface area (Å²) in [5, 5.41) is 3.43. The number of nitrogens with one attached hydrogen (secondary N) is 1. The highest BCUT2D eigenvalue weighted by Crippen LogP contribution is 2.49. The van der Waals surface area contributed by atoms with Gasteiger partial charge in [0.2, 0.25) is 0 Å². The van der Waals surface area contributed by atoms with Crippen LogP contribution in [0, 0.1) is 12.3 Å². The maximum absolute atomic E-state index is 4.42. The number of hydrogen-bond donors (Lipinski definition) is 1. The van der Waals surface area contributed by atoms with Crippen molar-refractivity contribution in [3.8, 4) is 0 Å². The summed E-state index contributed by atoms with van der Waals surface area (Å²) < 4.78 is 0. The molecule has 0 unspecified atom stereocenters. The van der Waals surface area contributed by atoms with Crippen molar-refractivity contribution in [3.63, 3.8) is 0 Å². The summed E-state index contributed by atoms with van der Waals surface area (Å²) in [7, 11) is 0. The SMILES string of the molecule is C=C(NC(C)C)N1CCC2(CC1)CN(Cc1ccc(C)cc1)C2=C. The van der Waals surface area contributed by atoms with E-state index in [2.05, 4.69) is 73.3 Å². The monoisotopic (exact) mass is 325 g/mol. The molecule has 2 aliphatic rings. The fraction of sp³-hybridized carbons (Fsp3) is 0.524. The van der Waals surface area contributed by atoms with Gasteiger partial charge in [-0.25, -0.2) is 0 Å². The van der Waals surface area contributed by atoms with Crippen molar-refractivity contribution in [2.24, 2.45) is 5.41 Å². The van der Waals surface area contributed by atoms with Crippen LogP contribution >= 0.6 is 0 Å². The predicted molar refractivity (Wildman–Crippen MR) is 101 cm³/mol. The van der Waals surface area contributed by atoms with Crippen LogP contribution in [0.2, 0.25) is 0 Å². The normalized spacial score (nSPS) is 19.6. The lowest BCUT2D eigenvalue weighted by molar-refractivity contribution is 0.0126. The highest BCUT2D eigenvalue weighted by atomic mass is 15.3. The van der Waals surface area contributed by atoms with E-state index < -0.39 is 0 Å². The molecule has 0 radical (unpaired) electrons. The Morgan fingerprint density at radius 3 is 2.38 bits per heavy atom. The molecule has 24 heavy (non-hydrogen) atoms. The van der Waals surface area contributed by atoms with E-state index in [0.29, 0.717) is 11.5 Å². The van der Waals surface area contributed by atoms with E-state index in [-0.39, 0.29) is 0 Å². The molecule has 2 fully saturated rings. The lowest BCUT2D eigenvalue weighted by Crippen LogP contribution is -2.57. The minimum Gasteiger partial charge on any atom is -0.370 e. The fourth-order valence-electron chi connectivity index (χ4n) is 3.94. The number of piperidine rings is 1. The second kappa shape index (κ2) is 6.54. The van der Waals surface area contributed by atoms with E-state index in [1.807, 2.05) is 0 Å². The number of rotatable bonds is 5. The zero-order valence-electron chi connectivity index (χ0n) is 15.4. The lowest BCUT2D eigenvalue weighted by atomic mass is 9.69. The lowest BCUT2D eigenvalue weighted by Gasteiger charge is -2.57. The summed E-state index contributed by atoms with van der Waals surface area (Å²) in [5.74, 6) is 1.07. The Morgan fingerprint density at radius 1 is 1.21 bits per heavy atom. The van der Waals surface area contributed by atoms with Crippen LogP contribution in [0.5, 0.6) is 0 Å². The van der Waals surface area contributed by atoms with Crippen molar-refractivity contribution in [2.45, 2.75) is 46.2 Å². The summed E-state index contributed by atoms with van der Waals surface area (Å²) in [5.41, 5.74) is 4.37. The van der Waals surface area contributed by atoms with Crippen LogP contribution in [0.15, 0.2) is 48.9 Å². The largest absolute Gasteiger partial charge is 0.370 e. The van der Waals surface area contributed by atoms with Gasteiger partial charge in [-0.15, -0.1) is 0 Å². The van der Waals surface area contributed by atoms with Crippen LogP contribution in [0.3, 0.4) is 0 Å². The molecule has 0 bridgehead atoms. The number of likely N-dealkylation sites (tertiary alicyclic amines) is 2. The first-order valence-electron chi connectivity index (χ1n) is 9.10. The van der Waals surface area contributed by atoms with Crippen LogP contribution in [0.25, 0.3) is 0 Å². The van der Waals surface area contributed by atoms with Gasteiger partial charge in [-0.05, 0) is 39.2 Å². The van der Waals surface area contributed by atoms with Gasteiger partial charge < -0.3 is 15.1 Å². The first kappa shape index (κ1) is 16.9. The van der Waals surface area contributed by atoms with Gasteiger partial charge in [0.1, 0.15) is 0 Å². The molecule has 1 N–H and O–H groups in total. The van der Waals surface area contributed by atoms with E-state index in [1.165, 1.54) is 29.7 Å². The van der Waals surface area contributed by atoms with Crippen LogP contribution in [0.4, 0.5) is 0 Å². The van der Waals surface area contributed by atoms with Crippen molar-refractivity contribution in [3.05, 3.63) is 60.1 Å². The van der Waals surface area contributed by atoms with Gasteiger partial charge >= 0.3 is 0 Å². The minimum atomic E-state index is 0.333. The number of hydrogen-bond acceptors (Lipinski definition) is 3. The molecular weight excluding hydrogens is 294 g/mol. The van der Waals surface area contributed by atoms with Crippen molar-refractivity contribution in [2.75, 3.05) is 19.6 Å². The Kier molecular flexibility index (Phi) is 4.62. The topological polar surface area (TPSA) is 18.5 Å². The molecule has 1 aromatic carbocycles. The van der Waals surface area contributed by atoms with Crippen molar-refractivity contribution >= 4 is 0 Å². The molecule has 3 heteroatoms. The van der Waals surface area contributed by atoms with Gasteiger partial charge in [-0.1, -0.05) is 43.0 Å². The van der Waals surface area contributed by atoms with E-state index in [4.69, 9.17) is 0 Å². The number of nitrogens with zero attached hydrogens (tertiary/aromatic N) is 2. The quantitative estimate of drug-likeness (QED) is 0.886. The van der Waals surface area contributed by atoms with Crippen LogP contribution in [-0.2, 0) is 6.54 Å². The minimum absolute atomic E-state index is 0.333. The Hall–Kier alpha value is -1.90. The molecule has 0 amide bonds. The number of aryl methyl sites for hydroxylation is 1. The van der Waals surface area contributed by atoms with Crippen molar-refractivity contribution < 1.29 is 0 Å². The fourth-order valence-corrected chi connectivity index (χ4v) is 3.94. The standard InChI is InChI=1S/C21H31N3/c1-16(2)22-19(5)23-12-10-21(11-13-23)15-24(18(21)4)14-20-8-6-17(3)7-9-20/h6-9,16,22H,4-5,10-15H2,1-3H3. The second-order valence-electron chi connectivity index (χ2n) is 7.80. The molecule has 1 spiro atoms. The Morgan fingerprint density at radius 2 is 1.83 bits per heavy atom. The van der Waals surface area contributed by atoms with Gasteiger partial charge in [0.05, 0.1) is 5.82 Å². The molecule has 2 heterocycles. The zero-order chi connectivity index (χ0) is 17.3. The van der Waals surface area contributed by atoms with Gasteiger partial charge in [0.15, 0.2) is 0 Å². The third-order valence-electron chi connectivity index (χ3n) is 5.54. The summed E-state index contributed by atoms with van der Waals surface area (Å²) >= 11 is 0. The molecule has 2 saturated heterocycles. The molecule has 1 aromatic rings. The van der Waals surface area contributed by atoms with Crippen LogP contribution < -0.4 is 5.32 Å². The average molecular weight is 326 g/mol. The van der Waals surface area contributed by atoms with Crippen LogP contribution in [0.1, 0.15) is 37.8 Å². The Bertz CT molecular complexity index is 606. The molecule has 0 aliphatic carbocycles. The maximum atomic E-state index is 4.42. The van der Waals surface area contributed by atoms with E-state index >= 15 is 0 Å². The zero-order valence-corrected chi connectivity index (χ0v) is 15.4. The summed E-state index contributed by atoms with van der Waals surface area (Å²) in [4.78, 5) is 4.84. The van der Waals surface area contributed by atoms with E-state index in [1.54, 1.807) is 0 Å². The van der Waals surface area contributed by atoms with E-state index in [0.717, 1.165) is 32.0 Å². The smallest absolute Gasteiger partial charge is 0.0940 e. The van der Waals surface area contributed by atoms with Crippen LogP contribution in [-0.4, -0.2) is 35.5 Å². The summed E-state index contributed by atoms with van der Waals surface area (Å²) in [6, 6.07) is 9.30. The second-order valence-corrected chi connectivity index (χ2v) is 7.80. The molecule has 2 aliphatic heterocycles. The van der Waals surface area contributed by atoms with Gasteiger partial charge in [-0.3, -0.25) is 0 Å². The third-order valence-corrected chi connectivity index (χ3v) is 5.54. The molecule has 3 nitrogen and oxygen atoms in total. The van der Waals surface area contributed by atoms with Gasteiger partial charge in [0, 0.05) is 43.3 Å². The highest BCUT2D eigenvalue weighted by Gasteiger charge is 2.48. The summed E-state index contributed by atoms with van der Waals surface area (Å²) in [6.45, 7) is 19.4. The van der Waals surface area contributed by atoms with Crippen molar-refractivity contribution in [1.82, 2.24) is 15.1 Å². The van der Waals surface area contributed by atoms with Gasteiger partial charge in [-0.2, -0.15) is 0 Å². The first-order chi connectivity index (χ1) is 11.4. The maximum Gasteiger partial charge on any atom is 0.0940 e. The molecule has 0 saturated carbocycles. The van der Waals surface area contributed by atoms with Gasteiger partial charge in [0.25, 0.3) is 0 Å². The predicted octanol–water partition coefficient (Wildman–Crippen LogP) is 3.88. The van der Waals surface area contributed by atoms with E-state index in [9.17, 15) is 0 Å². The average Bonchev–Trinajstić information content (AvgIpc) is 2.56. The third kappa shape index (κ3) is 3.31. The number of benzene rings is 1. The first-order valence-corrected chi connectivity index (χ1v) is 9.10. The Labute approximate surface area is 147 Å².